The molecule has 0 radical (unpaired) electrons. The molecule has 0 aromatic rings. The van der Waals surface area contributed by atoms with Crippen LogP contribution in [0.25, 0.3) is 0 Å². The fourth-order valence-electron chi connectivity index (χ4n) is 2.14. The molecule has 114 valence electrons. The molecule has 0 aromatic heterocycles. The Labute approximate surface area is 116 Å². The highest BCUT2D eigenvalue weighted by molar-refractivity contribution is 5.81. The highest BCUT2D eigenvalue weighted by Gasteiger charge is 2.30. The summed E-state index contributed by atoms with van der Waals surface area (Å²) in [5.41, 5.74) is 16.3. The van der Waals surface area contributed by atoms with Gasteiger partial charge in [0.15, 0.2) is 0 Å². The third kappa shape index (κ3) is 8.15. The van der Waals surface area contributed by atoms with E-state index in [0.29, 0.717) is 13.0 Å². The lowest BCUT2D eigenvalue weighted by Gasteiger charge is -2.35. The highest BCUT2D eigenvalue weighted by atomic mass is 16.2. The SMILES string of the molecule is CC(C)(N)CC(C)(C)NC(=O)C(N)NC(C)(C)CN. The first kappa shape index (κ1) is 18.3. The molecule has 8 N–H and O–H groups in total. The molecule has 6 heteroatoms. The smallest absolute Gasteiger partial charge is 0.252 e. The van der Waals surface area contributed by atoms with Gasteiger partial charge in [-0.25, -0.2) is 0 Å². The summed E-state index contributed by atoms with van der Waals surface area (Å²) in [6.45, 7) is 11.9. The molecule has 0 spiro atoms. The fourth-order valence-corrected chi connectivity index (χ4v) is 2.14. The predicted octanol–water partition coefficient (Wildman–Crippen LogP) is -0.380. The molecule has 0 aliphatic carbocycles. The third-order valence-corrected chi connectivity index (χ3v) is 2.70. The maximum atomic E-state index is 12.1. The van der Waals surface area contributed by atoms with Crippen molar-refractivity contribution in [1.82, 2.24) is 10.6 Å². The molecule has 1 atom stereocenters. The zero-order chi connectivity index (χ0) is 15.5. The van der Waals surface area contributed by atoms with Gasteiger partial charge in [-0.3, -0.25) is 10.1 Å². The summed E-state index contributed by atoms with van der Waals surface area (Å²) in [6.07, 6.45) is -0.141. The quantitative estimate of drug-likeness (QED) is 0.405. The molecule has 0 saturated heterocycles. The van der Waals surface area contributed by atoms with Gasteiger partial charge in [-0.15, -0.1) is 0 Å². The van der Waals surface area contributed by atoms with E-state index in [4.69, 9.17) is 17.2 Å². The van der Waals surface area contributed by atoms with Crippen molar-refractivity contribution in [2.24, 2.45) is 17.2 Å². The van der Waals surface area contributed by atoms with Gasteiger partial charge in [-0.1, -0.05) is 0 Å². The maximum Gasteiger partial charge on any atom is 0.252 e. The van der Waals surface area contributed by atoms with Crippen LogP contribution >= 0.6 is 0 Å². The molecule has 0 aliphatic heterocycles. The molecule has 6 nitrogen and oxygen atoms in total. The number of nitrogens with two attached hydrogens (primary N) is 3. The molecular formula is C13H31N5O. The molecule has 0 heterocycles. The molecule has 0 aromatic carbocycles. The topological polar surface area (TPSA) is 119 Å². The van der Waals surface area contributed by atoms with Crippen LogP contribution in [0.2, 0.25) is 0 Å². The van der Waals surface area contributed by atoms with Gasteiger partial charge in [0, 0.05) is 23.2 Å². The van der Waals surface area contributed by atoms with Crippen LogP contribution in [0.15, 0.2) is 0 Å². The van der Waals surface area contributed by atoms with Gasteiger partial charge in [0.25, 0.3) is 5.91 Å². The Balaban J connectivity index is 4.52. The van der Waals surface area contributed by atoms with E-state index in [1.807, 2.05) is 41.5 Å². The Kier molecular flexibility index (Phi) is 5.95. The summed E-state index contributed by atoms with van der Waals surface area (Å²) in [6, 6.07) is 0. The second kappa shape index (κ2) is 6.17. The first-order valence-corrected chi connectivity index (χ1v) is 6.62. The number of amides is 1. The largest absolute Gasteiger partial charge is 0.349 e. The average Bonchev–Trinajstić information content (AvgIpc) is 2.12. The van der Waals surface area contributed by atoms with E-state index in [1.54, 1.807) is 0 Å². The van der Waals surface area contributed by atoms with Crippen LogP contribution in [-0.2, 0) is 4.79 Å². The number of carbonyl (C=O) groups excluding carboxylic acids is 1. The summed E-state index contributed by atoms with van der Waals surface area (Å²) in [5.74, 6) is -0.254. The number of nitrogens with one attached hydrogen (secondary N) is 2. The lowest BCUT2D eigenvalue weighted by molar-refractivity contribution is -0.125. The highest BCUT2D eigenvalue weighted by Crippen LogP contribution is 2.17. The fraction of sp³-hybridized carbons (Fsp3) is 0.923. The second-order valence-electron chi connectivity index (χ2n) is 7.25. The van der Waals surface area contributed by atoms with E-state index in [-0.39, 0.29) is 17.0 Å². The summed E-state index contributed by atoms with van der Waals surface area (Å²) < 4.78 is 0. The molecule has 0 fully saturated rings. The molecule has 19 heavy (non-hydrogen) atoms. The van der Waals surface area contributed by atoms with Gasteiger partial charge >= 0.3 is 0 Å². The molecule has 1 amide bonds. The van der Waals surface area contributed by atoms with E-state index in [9.17, 15) is 4.79 Å². The van der Waals surface area contributed by atoms with Gasteiger partial charge in [0.2, 0.25) is 0 Å². The minimum absolute atomic E-state index is 0.254. The van der Waals surface area contributed by atoms with Crippen molar-refractivity contribution in [2.75, 3.05) is 6.54 Å². The summed E-state index contributed by atoms with van der Waals surface area (Å²) in [7, 11) is 0. The van der Waals surface area contributed by atoms with Gasteiger partial charge < -0.3 is 22.5 Å². The van der Waals surface area contributed by atoms with E-state index < -0.39 is 11.7 Å². The van der Waals surface area contributed by atoms with Crippen molar-refractivity contribution in [2.45, 2.75) is 70.7 Å². The van der Waals surface area contributed by atoms with Gasteiger partial charge in [-0.05, 0) is 48.0 Å². The van der Waals surface area contributed by atoms with E-state index in [2.05, 4.69) is 10.6 Å². The molecule has 0 saturated carbocycles. The van der Waals surface area contributed by atoms with Crippen molar-refractivity contribution in [3.05, 3.63) is 0 Å². The average molecular weight is 273 g/mol. The summed E-state index contributed by atoms with van der Waals surface area (Å²) in [5, 5.41) is 5.91. The molecule has 0 bridgehead atoms. The molecular weight excluding hydrogens is 242 g/mol. The number of hydrogen-bond donors (Lipinski definition) is 5. The molecule has 0 aliphatic rings. The van der Waals surface area contributed by atoms with E-state index in [0.717, 1.165) is 0 Å². The van der Waals surface area contributed by atoms with Gasteiger partial charge in [-0.2, -0.15) is 0 Å². The first-order chi connectivity index (χ1) is 8.28. The zero-order valence-corrected chi connectivity index (χ0v) is 13.1. The third-order valence-electron chi connectivity index (χ3n) is 2.70. The van der Waals surface area contributed by atoms with Crippen LogP contribution in [0.1, 0.15) is 48.0 Å². The van der Waals surface area contributed by atoms with Crippen molar-refractivity contribution >= 4 is 5.91 Å². The van der Waals surface area contributed by atoms with Crippen LogP contribution in [0.4, 0.5) is 0 Å². The Hall–Kier alpha value is -0.690. The summed E-state index contributed by atoms with van der Waals surface area (Å²) in [4.78, 5) is 12.1. The van der Waals surface area contributed by atoms with Gasteiger partial charge in [0.05, 0.1) is 0 Å². The van der Waals surface area contributed by atoms with Crippen molar-refractivity contribution < 1.29 is 4.79 Å². The van der Waals surface area contributed by atoms with Crippen molar-refractivity contribution in [3.8, 4) is 0 Å². The minimum atomic E-state index is -0.793. The second-order valence-corrected chi connectivity index (χ2v) is 7.25. The van der Waals surface area contributed by atoms with Crippen molar-refractivity contribution in [3.63, 3.8) is 0 Å². The Morgan fingerprint density at radius 1 is 1.11 bits per heavy atom. The Bertz CT molecular complexity index is 307. The standard InChI is InChI=1S/C13H31N5O/c1-11(2,16)7-12(3,4)18-10(19)9(15)17-13(5,6)8-14/h9,17H,7-8,14-16H2,1-6H3,(H,18,19). The van der Waals surface area contributed by atoms with Crippen LogP contribution in [0, 0.1) is 0 Å². The normalized spacial score (nSPS) is 15.2. The Morgan fingerprint density at radius 3 is 1.95 bits per heavy atom. The number of hydrogen-bond acceptors (Lipinski definition) is 5. The van der Waals surface area contributed by atoms with Crippen LogP contribution in [0.5, 0.6) is 0 Å². The number of carbonyl (C=O) groups is 1. The molecule has 0 rings (SSSR count). The molecule has 1 unspecified atom stereocenters. The first-order valence-electron chi connectivity index (χ1n) is 6.62. The monoisotopic (exact) mass is 273 g/mol. The lowest BCUT2D eigenvalue weighted by atomic mass is 9.87. The van der Waals surface area contributed by atoms with E-state index in [1.165, 1.54) is 0 Å². The maximum absolute atomic E-state index is 12.1. The number of rotatable bonds is 7. The lowest BCUT2D eigenvalue weighted by Crippen LogP contribution is -2.62. The predicted molar refractivity (Wildman–Crippen MR) is 79.3 cm³/mol. The van der Waals surface area contributed by atoms with Gasteiger partial charge in [0.1, 0.15) is 6.17 Å². The van der Waals surface area contributed by atoms with Crippen LogP contribution in [0.3, 0.4) is 0 Å². The van der Waals surface area contributed by atoms with Crippen molar-refractivity contribution in [1.29, 1.82) is 0 Å². The minimum Gasteiger partial charge on any atom is -0.349 e. The van der Waals surface area contributed by atoms with Crippen LogP contribution in [-0.4, -0.2) is 35.2 Å². The van der Waals surface area contributed by atoms with Crippen LogP contribution < -0.4 is 27.8 Å². The zero-order valence-electron chi connectivity index (χ0n) is 13.1. The summed E-state index contributed by atoms with van der Waals surface area (Å²) >= 11 is 0. The van der Waals surface area contributed by atoms with E-state index >= 15 is 0 Å². The Morgan fingerprint density at radius 2 is 1.58 bits per heavy atom.